The fraction of sp³-hybridized carbons (Fsp3) is 0.846. The predicted molar refractivity (Wildman–Crippen MR) is 71.9 cm³/mol. The fourth-order valence-corrected chi connectivity index (χ4v) is 1.05. The molecule has 0 amide bonds. The zero-order chi connectivity index (χ0) is 16.7. The molecule has 0 rings (SSSR count). The van der Waals surface area contributed by atoms with E-state index in [4.69, 9.17) is 24.2 Å². The first-order valence-electron chi connectivity index (χ1n) is 6.45. The van der Waals surface area contributed by atoms with E-state index in [9.17, 15) is 9.59 Å². The van der Waals surface area contributed by atoms with Crippen LogP contribution in [-0.2, 0) is 23.8 Å². The van der Waals surface area contributed by atoms with Gasteiger partial charge in [0.15, 0.2) is 6.10 Å². The van der Waals surface area contributed by atoms with Gasteiger partial charge in [0.25, 0.3) is 0 Å². The Morgan fingerprint density at radius 2 is 1.38 bits per heavy atom. The zero-order valence-corrected chi connectivity index (χ0v) is 13.3. The van der Waals surface area contributed by atoms with Gasteiger partial charge in [-0.1, -0.05) is 0 Å². The molecule has 21 heavy (non-hydrogen) atoms. The van der Waals surface area contributed by atoms with Gasteiger partial charge in [-0.05, 0) is 41.5 Å². The molecule has 0 aliphatic heterocycles. The van der Waals surface area contributed by atoms with Gasteiger partial charge in [-0.25, -0.2) is 14.5 Å². The molecule has 0 saturated heterocycles. The van der Waals surface area contributed by atoms with E-state index >= 15 is 0 Å². The summed E-state index contributed by atoms with van der Waals surface area (Å²) >= 11 is 0. The molecular formula is C13H24O8. The van der Waals surface area contributed by atoms with E-state index in [-0.39, 0.29) is 13.2 Å². The van der Waals surface area contributed by atoms with Crippen molar-refractivity contribution >= 4 is 12.3 Å². The average Bonchev–Trinajstić information content (AvgIpc) is 2.21. The molecule has 1 N–H and O–H groups in total. The molecule has 8 heteroatoms. The van der Waals surface area contributed by atoms with Gasteiger partial charge in [0, 0.05) is 0 Å². The number of carbonyl (C=O) groups is 2. The largest absolute Gasteiger partial charge is 0.509 e. The molecule has 0 aromatic rings. The number of ether oxygens (including phenoxy) is 4. The van der Waals surface area contributed by atoms with Crippen LogP contribution in [0.4, 0.5) is 9.59 Å². The minimum atomic E-state index is -1.02. The minimum Gasteiger partial charge on any atom is -0.430 e. The second-order valence-corrected chi connectivity index (χ2v) is 6.28. The molecule has 8 nitrogen and oxygen atoms in total. The van der Waals surface area contributed by atoms with Crippen LogP contribution in [0.3, 0.4) is 0 Å². The lowest BCUT2D eigenvalue weighted by Crippen LogP contribution is -2.34. The van der Waals surface area contributed by atoms with Gasteiger partial charge in [0.05, 0.1) is 0 Å². The lowest BCUT2D eigenvalue weighted by molar-refractivity contribution is -0.260. The monoisotopic (exact) mass is 308 g/mol. The predicted octanol–water partition coefficient (Wildman–Crippen LogP) is 2.75. The van der Waals surface area contributed by atoms with E-state index in [0.717, 1.165) is 0 Å². The highest BCUT2D eigenvalue weighted by molar-refractivity contribution is 5.61. The number of rotatable bonds is 5. The number of hydrogen-bond acceptors (Lipinski definition) is 8. The van der Waals surface area contributed by atoms with Gasteiger partial charge in [-0.3, -0.25) is 5.26 Å². The van der Waals surface area contributed by atoms with Gasteiger partial charge in [-0.2, -0.15) is 0 Å². The van der Waals surface area contributed by atoms with Gasteiger partial charge >= 0.3 is 12.3 Å². The third kappa shape index (κ3) is 11.9. The molecule has 0 aromatic heterocycles. The summed E-state index contributed by atoms with van der Waals surface area (Å²) in [7, 11) is 0. The highest BCUT2D eigenvalue weighted by Gasteiger charge is 2.24. The molecule has 0 aromatic carbocycles. The first-order valence-corrected chi connectivity index (χ1v) is 6.45. The normalized spacial score (nSPS) is 13.3. The SMILES string of the molecule is CC(C)(C)OC(=O)OCC(COO)OC(=O)OC(C)(C)C. The van der Waals surface area contributed by atoms with Crippen LogP contribution >= 0.6 is 0 Å². The number of hydrogen-bond donors (Lipinski definition) is 1. The Hall–Kier alpha value is -1.54. The van der Waals surface area contributed by atoms with Crippen LogP contribution < -0.4 is 0 Å². The Bertz CT molecular complexity index is 339. The van der Waals surface area contributed by atoms with Crippen LogP contribution in [0.2, 0.25) is 0 Å². The molecule has 1 unspecified atom stereocenters. The highest BCUT2D eigenvalue weighted by atomic mass is 17.1. The van der Waals surface area contributed by atoms with E-state index < -0.39 is 29.6 Å². The van der Waals surface area contributed by atoms with E-state index in [0.29, 0.717) is 0 Å². The summed E-state index contributed by atoms with van der Waals surface area (Å²) in [5.74, 6) is 0. The maximum atomic E-state index is 11.5. The molecule has 0 aliphatic rings. The van der Waals surface area contributed by atoms with Crippen LogP contribution in [0.15, 0.2) is 0 Å². The van der Waals surface area contributed by atoms with Crippen molar-refractivity contribution in [2.24, 2.45) is 0 Å². The van der Waals surface area contributed by atoms with Crippen molar-refractivity contribution in [1.82, 2.24) is 0 Å². The van der Waals surface area contributed by atoms with Crippen LogP contribution in [-0.4, -0.2) is 48.1 Å². The molecule has 124 valence electrons. The Balaban J connectivity index is 4.31. The zero-order valence-electron chi connectivity index (χ0n) is 13.3. The maximum Gasteiger partial charge on any atom is 0.509 e. The second kappa shape index (κ2) is 8.04. The molecule has 0 saturated carbocycles. The van der Waals surface area contributed by atoms with Crippen LogP contribution in [0.5, 0.6) is 0 Å². The van der Waals surface area contributed by atoms with Crippen molar-refractivity contribution in [3.05, 3.63) is 0 Å². The standard InChI is InChI=1S/C13H24O8/c1-12(2,3)20-10(14)17-7-9(8-18-16)19-11(15)21-13(4,5)6/h9,16H,7-8H2,1-6H3. The molecule has 0 bridgehead atoms. The molecule has 0 fully saturated rings. The van der Waals surface area contributed by atoms with Crippen LogP contribution in [0, 0.1) is 0 Å². The summed E-state index contributed by atoms with van der Waals surface area (Å²) in [6.45, 7) is 9.34. The van der Waals surface area contributed by atoms with Crippen molar-refractivity contribution in [1.29, 1.82) is 0 Å². The van der Waals surface area contributed by atoms with Gasteiger partial charge in [0.1, 0.15) is 24.4 Å². The molecular weight excluding hydrogens is 284 g/mol. The summed E-state index contributed by atoms with van der Waals surface area (Å²) in [4.78, 5) is 26.7. The molecule has 1 atom stereocenters. The van der Waals surface area contributed by atoms with Gasteiger partial charge < -0.3 is 18.9 Å². The summed E-state index contributed by atoms with van der Waals surface area (Å²) in [6, 6.07) is 0. The quantitative estimate of drug-likeness (QED) is 0.470. The van der Waals surface area contributed by atoms with Gasteiger partial charge in [-0.15, -0.1) is 0 Å². The van der Waals surface area contributed by atoms with Crippen molar-refractivity contribution in [3.8, 4) is 0 Å². The lowest BCUT2D eigenvalue weighted by atomic mass is 10.2. The topological polar surface area (TPSA) is 101 Å². The van der Waals surface area contributed by atoms with Crippen molar-refractivity contribution in [2.45, 2.75) is 58.8 Å². The molecule has 0 heterocycles. The Kier molecular flexibility index (Phi) is 7.45. The van der Waals surface area contributed by atoms with E-state index in [1.54, 1.807) is 41.5 Å². The average molecular weight is 308 g/mol. The Labute approximate surface area is 124 Å². The van der Waals surface area contributed by atoms with Crippen molar-refractivity contribution in [3.63, 3.8) is 0 Å². The highest BCUT2D eigenvalue weighted by Crippen LogP contribution is 2.11. The van der Waals surface area contributed by atoms with Crippen LogP contribution in [0.25, 0.3) is 0 Å². The van der Waals surface area contributed by atoms with Crippen molar-refractivity contribution in [2.75, 3.05) is 13.2 Å². The second-order valence-electron chi connectivity index (χ2n) is 6.28. The molecule has 0 spiro atoms. The summed E-state index contributed by atoms with van der Waals surface area (Å²) < 4.78 is 19.5. The maximum absolute atomic E-state index is 11.5. The minimum absolute atomic E-state index is 0.339. The van der Waals surface area contributed by atoms with Crippen molar-refractivity contribution < 1.29 is 38.7 Å². The first-order chi connectivity index (χ1) is 9.43. The van der Waals surface area contributed by atoms with E-state index in [1.807, 2.05) is 0 Å². The van der Waals surface area contributed by atoms with E-state index in [1.165, 1.54) is 0 Å². The summed E-state index contributed by atoms with van der Waals surface area (Å²) in [6.07, 6.45) is -2.90. The Morgan fingerprint density at radius 1 is 0.905 bits per heavy atom. The smallest absolute Gasteiger partial charge is 0.430 e. The fourth-order valence-electron chi connectivity index (χ4n) is 1.05. The third-order valence-corrected chi connectivity index (χ3v) is 1.69. The summed E-state index contributed by atoms with van der Waals surface area (Å²) in [5, 5.41) is 8.43. The molecule has 0 aliphatic carbocycles. The lowest BCUT2D eigenvalue weighted by Gasteiger charge is -2.23. The van der Waals surface area contributed by atoms with Gasteiger partial charge in [0.2, 0.25) is 0 Å². The van der Waals surface area contributed by atoms with E-state index in [2.05, 4.69) is 4.89 Å². The third-order valence-electron chi connectivity index (χ3n) is 1.69. The number of carbonyl (C=O) groups excluding carboxylic acids is 2. The molecule has 0 radical (unpaired) electrons. The summed E-state index contributed by atoms with van der Waals surface area (Å²) in [5.41, 5.74) is -1.43. The first kappa shape index (κ1) is 19.5. The van der Waals surface area contributed by atoms with Crippen LogP contribution in [0.1, 0.15) is 41.5 Å². The Morgan fingerprint density at radius 3 is 1.81 bits per heavy atom.